The molecule has 0 N–H and O–H groups in total. The lowest BCUT2D eigenvalue weighted by Gasteiger charge is -2.19. The molecule has 0 aliphatic rings. The van der Waals surface area contributed by atoms with Gasteiger partial charge in [-0.1, -0.05) is 164 Å². The highest BCUT2D eigenvalue weighted by Crippen LogP contribution is 2.46. The monoisotopic (exact) mass is 604 g/mol. The second kappa shape index (κ2) is 9.64. The van der Waals surface area contributed by atoms with Gasteiger partial charge in [-0.15, -0.1) is 0 Å². The van der Waals surface area contributed by atoms with Gasteiger partial charge in [0.2, 0.25) is 0 Å². The molecule has 0 heterocycles. The van der Waals surface area contributed by atoms with Crippen LogP contribution in [0.5, 0.6) is 0 Å². The fourth-order valence-electron chi connectivity index (χ4n) is 8.60. The van der Waals surface area contributed by atoms with Crippen LogP contribution in [0.15, 0.2) is 170 Å². The van der Waals surface area contributed by atoms with Crippen molar-refractivity contribution in [3.05, 3.63) is 170 Å². The summed E-state index contributed by atoms with van der Waals surface area (Å²) in [6.07, 6.45) is 0. The quantitative estimate of drug-likeness (QED) is 0.176. The average Bonchev–Trinajstić information content (AvgIpc) is 3.15. The zero-order valence-electron chi connectivity index (χ0n) is 26.2. The molecule has 0 amide bonds. The molecule has 11 aromatic rings. The van der Waals surface area contributed by atoms with Crippen LogP contribution in [0.2, 0.25) is 0 Å². The third kappa shape index (κ3) is 3.55. The average molecular weight is 605 g/mol. The van der Waals surface area contributed by atoms with Crippen LogP contribution in [0.1, 0.15) is 0 Å². The molecule has 11 aromatic carbocycles. The Morgan fingerprint density at radius 3 is 1.29 bits per heavy atom. The number of benzene rings is 11. The lowest BCUT2D eigenvalue weighted by atomic mass is 9.84. The summed E-state index contributed by atoms with van der Waals surface area (Å²) < 4.78 is 0. The Kier molecular flexibility index (Phi) is 5.20. The molecule has 0 saturated heterocycles. The molecule has 0 aromatic heterocycles. The Bertz CT molecular complexity index is 3020. The van der Waals surface area contributed by atoms with Crippen molar-refractivity contribution in [3.8, 4) is 33.4 Å². The van der Waals surface area contributed by atoms with Crippen LogP contribution < -0.4 is 0 Å². The molecular formula is C48H28. The first-order valence-electron chi connectivity index (χ1n) is 16.8. The Hall–Kier alpha value is -6.24. The molecule has 0 atom stereocenters. The van der Waals surface area contributed by atoms with E-state index in [4.69, 9.17) is 0 Å². The maximum Gasteiger partial charge on any atom is -0.00206 e. The lowest BCUT2D eigenvalue weighted by Crippen LogP contribution is -1.92. The van der Waals surface area contributed by atoms with Gasteiger partial charge in [-0.2, -0.15) is 0 Å². The van der Waals surface area contributed by atoms with Gasteiger partial charge in [-0.25, -0.2) is 0 Å². The Morgan fingerprint density at radius 1 is 0.229 bits per heavy atom. The van der Waals surface area contributed by atoms with E-state index in [9.17, 15) is 0 Å². The zero-order valence-corrected chi connectivity index (χ0v) is 26.2. The van der Waals surface area contributed by atoms with Gasteiger partial charge in [0.1, 0.15) is 0 Å². The number of hydrogen-bond acceptors (Lipinski definition) is 0. The smallest absolute Gasteiger partial charge is 0.00206 e. The minimum atomic E-state index is 1.23. The van der Waals surface area contributed by atoms with E-state index in [0.717, 1.165) is 0 Å². The summed E-state index contributed by atoms with van der Waals surface area (Å²) in [5, 5.41) is 18.3. The van der Waals surface area contributed by atoms with Crippen LogP contribution in [0.3, 0.4) is 0 Å². The summed E-state index contributed by atoms with van der Waals surface area (Å²) in [4.78, 5) is 0. The first-order valence-corrected chi connectivity index (χ1v) is 16.8. The van der Waals surface area contributed by atoms with Crippen LogP contribution in [0, 0.1) is 0 Å². The van der Waals surface area contributed by atoms with Gasteiger partial charge in [0.05, 0.1) is 0 Å². The second-order valence-electron chi connectivity index (χ2n) is 13.2. The predicted octanol–water partition coefficient (Wildman–Crippen LogP) is 13.6. The molecule has 0 spiro atoms. The molecule has 0 nitrogen and oxygen atoms in total. The van der Waals surface area contributed by atoms with Crippen molar-refractivity contribution in [1.29, 1.82) is 0 Å². The summed E-state index contributed by atoms with van der Waals surface area (Å²) in [5.74, 6) is 0. The van der Waals surface area contributed by atoms with Crippen molar-refractivity contribution < 1.29 is 0 Å². The van der Waals surface area contributed by atoms with E-state index in [-0.39, 0.29) is 0 Å². The van der Waals surface area contributed by atoms with Gasteiger partial charge < -0.3 is 0 Å². The normalized spacial score (nSPS) is 12.2. The molecule has 0 aliphatic heterocycles. The highest BCUT2D eigenvalue weighted by Gasteiger charge is 2.18. The topological polar surface area (TPSA) is 0 Å². The fourth-order valence-corrected chi connectivity index (χ4v) is 8.60. The van der Waals surface area contributed by atoms with Crippen molar-refractivity contribution in [1.82, 2.24) is 0 Å². The summed E-state index contributed by atoms with van der Waals surface area (Å²) in [7, 11) is 0. The summed E-state index contributed by atoms with van der Waals surface area (Å²) >= 11 is 0. The number of rotatable bonds is 3. The second-order valence-corrected chi connectivity index (χ2v) is 13.2. The zero-order chi connectivity index (χ0) is 31.3. The third-order valence-corrected chi connectivity index (χ3v) is 10.7. The van der Waals surface area contributed by atoms with Crippen molar-refractivity contribution in [3.63, 3.8) is 0 Å². The molecule has 0 radical (unpaired) electrons. The van der Waals surface area contributed by atoms with E-state index in [0.29, 0.717) is 0 Å². The number of hydrogen-bond donors (Lipinski definition) is 0. The fraction of sp³-hybridized carbons (Fsp3) is 0. The Balaban J connectivity index is 1.18. The van der Waals surface area contributed by atoms with Gasteiger partial charge in [0, 0.05) is 0 Å². The molecule has 0 heteroatoms. The van der Waals surface area contributed by atoms with E-state index in [1.54, 1.807) is 0 Å². The van der Waals surface area contributed by atoms with Crippen molar-refractivity contribution in [2.24, 2.45) is 0 Å². The number of fused-ring (bicyclic) bond motifs is 1. The van der Waals surface area contributed by atoms with E-state index >= 15 is 0 Å². The molecular weight excluding hydrogens is 577 g/mol. The van der Waals surface area contributed by atoms with Gasteiger partial charge in [0.15, 0.2) is 0 Å². The van der Waals surface area contributed by atoms with Crippen LogP contribution in [-0.2, 0) is 0 Å². The van der Waals surface area contributed by atoms with Crippen molar-refractivity contribution in [2.45, 2.75) is 0 Å². The molecule has 0 unspecified atom stereocenters. The van der Waals surface area contributed by atoms with Gasteiger partial charge in [0.25, 0.3) is 0 Å². The van der Waals surface area contributed by atoms with Gasteiger partial charge in [-0.05, 0) is 115 Å². The molecule has 0 bridgehead atoms. The Labute approximate surface area is 277 Å². The molecule has 48 heavy (non-hydrogen) atoms. The summed E-state index contributed by atoms with van der Waals surface area (Å²) in [5.41, 5.74) is 7.56. The molecule has 0 aliphatic carbocycles. The largest absolute Gasteiger partial charge is 0.0616 e. The SMILES string of the molecule is c1cc(-c2ccc3ccccc3c2-c2ccc3ccc4cccc5ccc2c3c45)cc(-c2ccc3ccc4cccc5ccc2c3c45)c1. The predicted molar refractivity (Wildman–Crippen MR) is 208 cm³/mol. The molecule has 0 fully saturated rings. The van der Waals surface area contributed by atoms with E-state index < -0.39 is 0 Å². The van der Waals surface area contributed by atoms with Crippen LogP contribution >= 0.6 is 0 Å². The van der Waals surface area contributed by atoms with Crippen molar-refractivity contribution >= 4 is 75.4 Å². The van der Waals surface area contributed by atoms with Crippen LogP contribution in [0.4, 0.5) is 0 Å². The van der Waals surface area contributed by atoms with E-state index in [1.807, 2.05) is 0 Å². The van der Waals surface area contributed by atoms with E-state index in [1.165, 1.54) is 109 Å². The molecule has 220 valence electrons. The van der Waals surface area contributed by atoms with Gasteiger partial charge >= 0.3 is 0 Å². The van der Waals surface area contributed by atoms with Crippen molar-refractivity contribution in [2.75, 3.05) is 0 Å². The highest BCUT2D eigenvalue weighted by atomic mass is 14.2. The maximum absolute atomic E-state index is 2.40. The van der Waals surface area contributed by atoms with Gasteiger partial charge in [-0.3, -0.25) is 0 Å². The standard InChI is InChI=1S/C48H28/c1-2-13-39-29(6-1)18-24-40(48(39)43-27-22-35-17-15-31-8-4-10-33-21-26-42(43)47(35)45(31)33)37-12-5-11-36(28-37)38-23-19-34-16-14-30-7-3-9-32-20-25-41(38)46(34)44(30)32/h1-28H. The molecule has 0 saturated carbocycles. The first kappa shape index (κ1) is 25.9. The minimum Gasteiger partial charge on any atom is -0.0616 e. The first-order chi connectivity index (χ1) is 23.8. The van der Waals surface area contributed by atoms with Crippen LogP contribution in [-0.4, -0.2) is 0 Å². The minimum absolute atomic E-state index is 1.23. The van der Waals surface area contributed by atoms with Crippen LogP contribution in [0.25, 0.3) is 109 Å². The molecule has 11 rings (SSSR count). The third-order valence-electron chi connectivity index (χ3n) is 10.7. The maximum atomic E-state index is 2.40. The Morgan fingerprint density at radius 2 is 0.646 bits per heavy atom. The highest BCUT2D eigenvalue weighted by molar-refractivity contribution is 6.27. The summed E-state index contributed by atoms with van der Waals surface area (Å²) in [6.45, 7) is 0. The van der Waals surface area contributed by atoms with E-state index in [2.05, 4.69) is 170 Å². The lowest BCUT2D eigenvalue weighted by molar-refractivity contribution is 1.61. The summed E-state index contributed by atoms with van der Waals surface area (Å²) in [6, 6.07) is 63.5.